The first-order chi connectivity index (χ1) is 34.6. The molecule has 14 heteroatoms. The molecule has 1 fully saturated rings. The van der Waals surface area contributed by atoms with Crippen LogP contribution in [0.2, 0.25) is 0 Å². The summed E-state index contributed by atoms with van der Waals surface area (Å²) in [6, 6.07) is 34.6. The number of aromatic amines is 1. The molecule has 3 atom stereocenters. The number of nitrogens with two attached hydrogens (primary N) is 2. The van der Waals surface area contributed by atoms with Gasteiger partial charge in [-0.1, -0.05) is 85.8 Å². The molecule has 0 radical (unpaired) electrons. The van der Waals surface area contributed by atoms with Crippen LogP contribution in [-0.4, -0.2) is 85.0 Å². The molecule has 9 N–H and O–H groups in total. The molecule has 0 spiro atoms. The number of aliphatic hydroxyl groups excluding tert-OH is 2. The van der Waals surface area contributed by atoms with Gasteiger partial charge in [0, 0.05) is 73.1 Å². The van der Waals surface area contributed by atoms with Crippen LogP contribution in [0.25, 0.3) is 39.5 Å². The van der Waals surface area contributed by atoms with Crippen LogP contribution in [0.5, 0.6) is 23.0 Å². The normalized spacial score (nSPS) is 16.6. The maximum absolute atomic E-state index is 14.6. The van der Waals surface area contributed by atoms with Crippen LogP contribution in [0.3, 0.4) is 0 Å². The molecule has 14 nitrogen and oxygen atoms in total. The SMILES string of the molecule is CCc1cc2c([nH]1)N1CCNC[C@@H]1Cc1ccc(c(N=C(N)N)c1)C[C@@H](CO)COc1c(OC)c(OCC[C@@H](O)/C=C/c3ccccc3)c3c(=O)cc(-c4ccc(O)cc4)oc3c1CCc1cccc-2c1. The monoisotopic (exact) mass is 958 g/mol. The number of aromatic nitrogens is 1. The molecule has 10 rings (SSSR count). The number of hydrogen-bond donors (Lipinski definition) is 7. The lowest BCUT2D eigenvalue weighted by Gasteiger charge is -2.38. The third-order valence-electron chi connectivity index (χ3n) is 13.3. The number of piperazine rings is 1. The van der Waals surface area contributed by atoms with Gasteiger partial charge in [-0.3, -0.25) is 4.79 Å². The Balaban J connectivity index is 1.20. The largest absolute Gasteiger partial charge is 0.508 e. The van der Waals surface area contributed by atoms with Crippen molar-refractivity contribution in [3.8, 4) is 45.4 Å². The van der Waals surface area contributed by atoms with Crippen LogP contribution >= 0.6 is 0 Å². The number of aromatic hydroxyl groups is 1. The van der Waals surface area contributed by atoms with Crippen LogP contribution in [0, 0.1) is 5.92 Å². The number of benzene rings is 5. The maximum atomic E-state index is 14.6. The molecule has 0 aliphatic carbocycles. The summed E-state index contributed by atoms with van der Waals surface area (Å²) in [5, 5.41) is 36.0. The van der Waals surface area contributed by atoms with Gasteiger partial charge in [0.15, 0.2) is 22.9 Å². The van der Waals surface area contributed by atoms with Gasteiger partial charge in [0.2, 0.25) is 5.75 Å². The summed E-state index contributed by atoms with van der Waals surface area (Å²) in [6.07, 6.45) is 5.68. The maximum Gasteiger partial charge on any atom is 0.204 e. The summed E-state index contributed by atoms with van der Waals surface area (Å²) in [5.74, 6) is 1.46. The number of nitrogens with one attached hydrogen (secondary N) is 2. The number of methoxy groups -OCH3 is 1. The molecule has 3 aliphatic heterocycles. The van der Waals surface area contributed by atoms with Crippen molar-refractivity contribution in [1.29, 1.82) is 0 Å². The Morgan fingerprint density at radius 1 is 0.944 bits per heavy atom. The van der Waals surface area contributed by atoms with Gasteiger partial charge in [-0.2, -0.15) is 0 Å². The Morgan fingerprint density at radius 3 is 2.55 bits per heavy atom. The number of guanidine groups is 1. The van der Waals surface area contributed by atoms with Crippen molar-refractivity contribution < 1.29 is 33.9 Å². The lowest BCUT2D eigenvalue weighted by molar-refractivity contribution is 0.157. The molecule has 368 valence electrons. The zero-order valence-electron chi connectivity index (χ0n) is 40.2. The van der Waals surface area contributed by atoms with E-state index < -0.39 is 12.0 Å². The predicted octanol–water partition coefficient (Wildman–Crippen LogP) is 7.83. The summed E-state index contributed by atoms with van der Waals surface area (Å²) in [6.45, 7) is 4.37. The van der Waals surface area contributed by atoms with Crippen LogP contribution in [-0.2, 0) is 32.1 Å². The average Bonchev–Trinajstić information content (AvgIpc) is 3.82. The van der Waals surface area contributed by atoms with Gasteiger partial charge in [-0.15, -0.1) is 0 Å². The summed E-state index contributed by atoms with van der Waals surface area (Å²) < 4.78 is 26.4. The number of aliphatic imine (C=N–C) groups is 1. The van der Waals surface area contributed by atoms with Crippen molar-refractivity contribution in [3.05, 3.63) is 159 Å². The number of fused-ring (bicyclic) bond motifs is 7. The van der Waals surface area contributed by atoms with E-state index in [2.05, 4.69) is 63.5 Å². The minimum atomic E-state index is -0.859. The molecule has 3 aliphatic rings. The van der Waals surface area contributed by atoms with Crippen molar-refractivity contribution >= 4 is 34.5 Å². The molecule has 2 aromatic heterocycles. The smallest absolute Gasteiger partial charge is 0.204 e. The molecular weight excluding hydrogens is 897 g/mol. The Hall–Kier alpha value is -7.52. The lowest BCUT2D eigenvalue weighted by Crippen LogP contribution is -2.52. The summed E-state index contributed by atoms with van der Waals surface area (Å²) in [7, 11) is 1.50. The Labute approximate surface area is 413 Å². The van der Waals surface area contributed by atoms with Crippen molar-refractivity contribution in [3.63, 3.8) is 0 Å². The second kappa shape index (κ2) is 22.1. The summed E-state index contributed by atoms with van der Waals surface area (Å²) in [5.41, 5.74) is 20.9. The van der Waals surface area contributed by atoms with Gasteiger partial charge in [0.25, 0.3) is 0 Å². The third-order valence-corrected chi connectivity index (χ3v) is 13.3. The first kappa shape index (κ1) is 48.5. The van der Waals surface area contributed by atoms with Crippen molar-refractivity contribution in [2.24, 2.45) is 22.4 Å². The number of hydrogen-bond acceptors (Lipinski definition) is 11. The number of aryl methyl sites for hydroxylation is 3. The van der Waals surface area contributed by atoms with Crippen LogP contribution in [0.1, 0.15) is 46.9 Å². The fourth-order valence-corrected chi connectivity index (χ4v) is 9.66. The van der Waals surface area contributed by atoms with Gasteiger partial charge in [0.05, 0.1) is 32.1 Å². The Kier molecular flexibility index (Phi) is 15.1. The number of ether oxygens (including phenoxy) is 3. The average molecular weight is 959 g/mol. The highest BCUT2D eigenvalue weighted by Crippen LogP contribution is 2.48. The molecule has 0 saturated carbocycles. The topological polar surface area (TPSA) is 214 Å². The number of H-pyrrole nitrogens is 1. The minimum Gasteiger partial charge on any atom is -0.508 e. The van der Waals surface area contributed by atoms with E-state index in [-0.39, 0.29) is 77.6 Å². The summed E-state index contributed by atoms with van der Waals surface area (Å²) in [4.78, 5) is 25.5. The van der Waals surface area contributed by atoms with Gasteiger partial charge in [0.1, 0.15) is 28.3 Å². The molecule has 5 aromatic carbocycles. The fraction of sp³-hybridized carbons (Fsp3) is 0.298. The van der Waals surface area contributed by atoms with Crippen molar-refractivity contribution in [1.82, 2.24) is 10.3 Å². The highest BCUT2D eigenvalue weighted by molar-refractivity contribution is 5.93. The zero-order chi connectivity index (χ0) is 49.4. The van der Waals surface area contributed by atoms with E-state index in [1.807, 2.05) is 48.5 Å². The molecule has 0 unspecified atom stereocenters. The fourth-order valence-electron chi connectivity index (χ4n) is 9.66. The number of phenols is 1. The standard InChI is InChI=1S/C57H62N6O8/c1-3-42-30-47-40-11-7-10-36(26-40)14-21-46-52-51(49(67)31-50(71-52)39-16-19-44(65)20-17-39)54(69-25-22-45(66)18-13-35-8-5-4-6-9-35)55(68-2)53(46)70-34-38(33-64)27-41-15-12-37(29-48(41)62-57(58)59)28-43-32-60-23-24-63(43)56(47)61-42/h4-13,15-20,26,29-31,38,43,45,60-61,64-66H,3,14,21-25,27-28,32-34H2,1-2H3,(H4,58,59,62)/b18-13+/t38-,43-,45-/m0/s1. The van der Waals surface area contributed by atoms with Crippen LogP contribution in [0.15, 0.2) is 129 Å². The van der Waals surface area contributed by atoms with Gasteiger partial charge in [-0.05, 0) is 96.3 Å². The number of aliphatic hydroxyl groups is 2. The van der Waals surface area contributed by atoms with Crippen LogP contribution < -0.4 is 41.3 Å². The van der Waals surface area contributed by atoms with Crippen molar-refractivity contribution in [2.75, 3.05) is 51.5 Å². The molecular formula is C57H62N6O8. The first-order valence-electron chi connectivity index (χ1n) is 24.4. The van der Waals surface area contributed by atoms with Crippen molar-refractivity contribution in [2.45, 2.75) is 57.6 Å². The Morgan fingerprint density at radius 2 is 1.77 bits per heavy atom. The lowest BCUT2D eigenvalue weighted by atomic mass is 9.94. The molecule has 0 amide bonds. The minimum absolute atomic E-state index is 0.00882. The summed E-state index contributed by atoms with van der Waals surface area (Å²) >= 11 is 0. The third kappa shape index (κ3) is 11.1. The second-order valence-electron chi connectivity index (χ2n) is 18.3. The Bertz CT molecular complexity index is 3090. The van der Waals surface area contributed by atoms with E-state index in [9.17, 15) is 20.1 Å². The molecule has 7 aromatic rings. The molecule has 1 saturated heterocycles. The zero-order valence-corrected chi connectivity index (χ0v) is 40.2. The number of nitrogens with zero attached hydrogens (tertiary/aromatic N) is 2. The second-order valence-corrected chi connectivity index (χ2v) is 18.3. The van der Waals surface area contributed by atoms with E-state index >= 15 is 0 Å². The van der Waals surface area contributed by atoms with Gasteiger partial charge in [-0.25, -0.2) is 4.99 Å². The van der Waals surface area contributed by atoms with Gasteiger partial charge >= 0.3 is 0 Å². The van der Waals surface area contributed by atoms with E-state index in [1.165, 1.54) is 25.3 Å². The van der Waals surface area contributed by atoms with E-state index in [4.69, 9.17) is 30.1 Å². The number of rotatable bonds is 11. The highest BCUT2D eigenvalue weighted by Gasteiger charge is 2.30. The van der Waals surface area contributed by atoms with E-state index in [0.29, 0.717) is 41.8 Å². The molecule has 5 heterocycles. The number of phenolic OH excluding ortho intramolecular Hbond substituents is 1. The molecule has 71 heavy (non-hydrogen) atoms. The van der Waals surface area contributed by atoms with Crippen LogP contribution in [0.4, 0.5) is 11.5 Å². The number of anilines is 1. The quantitative estimate of drug-likeness (QED) is 0.0488. The highest BCUT2D eigenvalue weighted by atomic mass is 16.5. The van der Waals surface area contributed by atoms with E-state index in [1.54, 1.807) is 18.2 Å². The molecule has 4 bridgehead atoms. The van der Waals surface area contributed by atoms with Gasteiger partial charge < -0.3 is 60.6 Å². The predicted molar refractivity (Wildman–Crippen MR) is 280 cm³/mol. The first-order valence-corrected chi connectivity index (χ1v) is 24.4. The van der Waals surface area contributed by atoms with E-state index in [0.717, 1.165) is 77.4 Å².